The Balaban J connectivity index is 2.14. The lowest BCUT2D eigenvalue weighted by molar-refractivity contribution is -0.139. The maximum absolute atomic E-state index is 12.7. The second kappa shape index (κ2) is 7.63. The van der Waals surface area contributed by atoms with E-state index in [1.54, 1.807) is 24.3 Å². The third kappa shape index (κ3) is 3.44. The van der Waals surface area contributed by atoms with Gasteiger partial charge in [-0.3, -0.25) is 9.59 Å². The molecule has 2 aromatic rings. The first-order valence-corrected chi connectivity index (χ1v) is 8.77. The monoisotopic (exact) mass is 365 g/mol. The zero-order valence-corrected chi connectivity index (χ0v) is 15.4. The molecule has 0 aliphatic carbocycles. The Morgan fingerprint density at radius 1 is 1.07 bits per heavy atom. The van der Waals surface area contributed by atoms with Crippen LogP contribution in [-0.2, 0) is 9.59 Å². The number of Topliss-reactive ketones (excluding diaryl/α,β-unsaturated/α-hetero) is 1. The van der Waals surface area contributed by atoms with E-state index < -0.39 is 17.7 Å². The van der Waals surface area contributed by atoms with Crippen LogP contribution in [0, 0.1) is 0 Å². The van der Waals surface area contributed by atoms with Crippen molar-refractivity contribution in [1.29, 1.82) is 0 Å². The van der Waals surface area contributed by atoms with Crippen molar-refractivity contribution >= 4 is 23.1 Å². The van der Waals surface area contributed by atoms with Gasteiger partial charge in [0.1, 0.15) is 5.76 Å². The fourth-order valence-electron chi connectivity index (χ4n) is 3.30. The van der Waals surface area contributed by atoms with E-state index in [0.29, 0.717) is 5.56 Å². The van der Waals surface area contributed by atoms with Crippen LogP contribution >= 0.6 is 0 Å². The van der Waals surface area contributed by atoms with Gasteiger partial charge in [0.05, 0.1) is 11.6 Å². The molecule has 0 aromatic heterocycles. The van der Waals surface area contributed by atoms with Gasteiger partial charge in [0, 0.05) is 38.4 Å². The van der Waals surface area contributed by atoms with Gasteiger partial charge in [0.2, 0.25) is 0 Å². The fraction of sp³-hybridized carbons (Fsp3) is 0.238. The molecule has 0 radical (unpaired) electrons. The lowest BCUT2D eigenvalue weighted by Gasteiger charge is -2.25. The van der Waals surface area contributed by atoms with E-state index in [0.717, 1.165) is 11.3 Å². The molecule has 0 bridgehead atoms. The van der Waals surface area contributed by atoms with Gasteiger partial charge in [-0.05, 0) is 17.7 Å². The summed E-state index contributed by atoms with van der Waals surface area (Å²) in [5, 5.41) is 10.8. The number of nitrogens with zero attached hydrogens (tertiary/aromatic N) is 2. The third-order valence-corrected chi connectivity index (χ3v) is 4.68. The van der Waals surface area contributed by atoms with E-state index in [9.17, 15) is 14.7 Å². The van der Waals surface area contributed by atoms with Crippen molar-refractivity contribution in [2.75, 3.05) is 32.1 Å². The maximum atomic E-state index is 12.7. The molecule has 1 amide bonds. The van der Waals surface area contributed by atoms with Gasteiger partial charge < -0.3 is 20.6 Å². The molecule has 1 fully saturated rings. The number of anilines is 1. The van der Waals surface area contributed by atoms with Crippen LogP contribution in [0.15, 0.2) is 60.2 Å². The predicted molar refractivity (Wildman–Crippen MR) is 105 cm³/mol. The standard InChI is InChI=1S/C21H23N3O3/c1-23(2)16-10-8-14(9-11-16)18-17(19(25)15-6-4-3-5-7-15)20(26)21(27)24(18)13-12-22/h3-11,18,25H,12-13,22H2,1-2H3/t18-/m1/s1. The number of aliphatic hydroxyl groups excluding tert-OH is 1. The van der Waals surface area contributed by atoms with Gasteiger partial charge >= 0.3 is 0 Å². The number of hydrogen-bond donors (Lipinski definition) is 2. The summed E-state index contributed by atoms with van der Waals surface area (Å²) in [7, 11) is 3.87. The Hall–Kier alpha value is -3.12. The molecule has 1 aliphatic rings. The van der Waals surface area contributed by atoms with E-state index in [-0.39, 0.29) is 24.4 Å². The topological polar surface area (TPSA) is 86.9 Å². The molecule has 2 aromatic carbocycles. The van der Waals surface area contributed by atoms with Gasteiger partial charge in [-0.15, -0.1) is 0 Å². The van der Waals surface area contributed by atoms with E-state index >= 15 is 0 Å². The Morgan fingerprint density at radius 3 is 2.26 bits per heavy atom. The molecule has 1 aliphatic heterocycles. The molecule has 3 rings (SSSR count). The van der Waals surface area contributed by atoms with Gasteiger partial charge in [0.25, 0.3) is 11.7 Å². The minimum atomic E-state index is -0.688. The molecular formula is C21H23N3O3. The summed E-state index contributed by atoms with van der Waals surface area (Å²) in [4.78, 5) is 28.7. The summed E-state index contributed by atoms with van der Waals surface area (Å²) in [6.07, 6.45) is 0. The molecule has 6 heteroatoms. The number of carbonyl (C=O) groups excluding carboxylic acids is 2. The van der Waals surface area contributed by atoms with Crippen molar-refractivity contribution in [2.45, 2.75) is 6.04 Å². The van der Waals surface area contributed by atoms with E-state index in [4.69, 9.17) is 5.73 Å². The zero-order valence-electron chi connectivity index (χ0n) is 15.4. The smallest absolute Gasteiger partial charge is 0.295 e. The Bertz CT molecular complexity index is 873. The average Bonchev–Trinajstić information content (AvgIpc) is 2.93. The summed E-state index contributed by atoms with van der Waals surface area (Å²) in [5.74, 6) is -1.50. The number of likely N-dealkylation sites (tertiary alicyclic amines) is 1. The average molecular weight is 365 g/mol. The molecule has 0 saturated carbocycles. The number of aliphatic hydroxyl groups is 1. The van der Waals surface area contributed by atoms with Gasteiger partial charge in [-0.25, -0.2) is 0 Å². The number of hydrogen-bond acceptors (Lipinski definition) is 5. The van der Waals surface area contributed by atoms with Crippen LogP contribution in [0.5, 0.6) is 0 Å². The number of benzene rings is 2. The molecular weight excluding hydrogens is 342 g/mol. The highest BCUT2D eigenvalue weighted by Crippen LogP contribution is 2.39. The number of rotatable bonds is 5. The van der Waals surface area contributed by atoms with E-state index in [1.165, 1.54) is 4.90 Å². The van der Waals surface area contributed by atoms with Crippen molar-refractivity contribution in [3.8, 4) is 0 Å². The molecule has 6 nitrogen and oxygen atoms in total. The maximum Gasteiger partial charge on any atom is 0.295 e. The highest BCUT2D eigenvalue weighted by Gasteiger charge is 2.45. The summed E-state index contributed by atoms with van der Waals surface area (Å²) < 4.78 is 0. The molecule has 1 heterocycles. The van der Waals surface area contributed by atoms with Crippen LogP contribution in [0.1, 0.15) is 17.2 Å². The van der Waals surface area contributed by atoms with Crippen LogP contribution in [-0.4, -0.2) is 48.9 Å². The molecule has 140 valence electrons. The minimum absolute atomic E-state index is 0.0947. The van der Waals surface area contributed by atoms with Crippen LogP contribution in [0.4, 0.5) is 5.69 Å². The van der Waals surface area contributed by atoms with Crippen molar-refractivity contribution in [3.63, 3.8) is 0 Å². The number of ketones is 1. The molecule has 0 spiro atoms. The van der Waals surface area contributed by atoms with Gasteiger partial charge in [-0.1, -0.05) is 42.5 Å². The summed E-state index contributed by atoms with van der Waals surface area (Å²) in [5.41, 5.74) is 8.01. The van der Waals surface area contributed by atoms with Crippen molar-refractivity contribution < 1.29 is 14.7 Å². The molecule has 27 heavy (non-hydrogen) atoms. The fourth-order valence-corrected chi connectivity index (χ4v) is 3.30. The summed E-state index contributed by atoms with van der Waals surface area (Å²) in [6.45, 7) is 0.459. The second-order valence-corrected chi connectivity index (χ2v) is 6.63. The minimum Gasteiger partial charge on any atom is -0.507 e. The first kappa shape index (κ1) is 18.7. The first-order valence-electron chi connectivity index (χ1n) is 8.77. The van der Waals surface area contributed by atoms with E-state index in [1.807, 2.05) is 49.3 Å². The molecule has 0 unspecified atom stereocenters. The number of nitrogens with two attached hydrogens (primary N) is 1. The first-order chi connectivity index (χ1) is 13.0. The lowest BCUT2D eigenvalue weighted by atomic mass is 9.95. The second-order valence-electron chi connectivity index (χ2n) is 6.63. The number of amides is 1. The SMILES string of the molecule is CN(C)c1ccc([C@@H]2C(=C(O)c3ccccc3)C(=O)C(=O)N2CCN)cc1. The zero-order chi connectivity index (χ0) is 19.6. The van der Waals surface area contributed by atoms with Crippen LogP contribution in [0.3, 0.4) is 0 Å². The Labute approximate surface area is 158 Å². The van der Waals surface area contributed by atoms with Crippen molar-refractivity contribution in [2.24, 2.45) is 5.73 Å². The lowest BCUT2D eigenvalue weighted by Crippen LogP contribution is -2.34. The van der Waals surface area contributed by atoms with Crippen LogP contribution < -0.4 is 10.6 Å². The van der Waals surface area contributed by atoms with Crippen molar-refractivity contribution in [3.05, 3.63) is 71.3 Å². The normalized spacial score (nSPS) is 18.8. The molecule has 1 saturated heterocycles. The van der Waals surface area contributed by atoms with Crippen molar-refractivity contribution in [1.82, 2.24) is 4.90 Å². The van der Waals surface area contributed by atoms with Crippen LogP contribution in [0.2, 0.25) is 0 Å². The van der Waals surface area contributed by atoms with Gasteiger partial charge in [0.15, 0.2) is 0 Å². The highest BCUT2D eigenvalue weighted by atomic mass is 16.3. The van der Waals surface area contributed by atoms with E-state index in [2.05, 4.69) is 0 Å². The molecule has 1 atom stereocenters. The Morgan fingerprint density at radius 2 is 1.70 bits per heavy atom. The summed E-state index contributed by atoms with van der Waals surface area (Å²) in [6, 6.07) is 15.7. The summed E-state index contributed by atoms with van der Waals surface area (Å²) >= 11 is 0. The Kier molecular flexibility index (Phi) is 5.28. The quantitative estimate of drug-likeness (QED) is 0.482. The molecule has 3 N–H and O–H groups in total. The highest BCUT2D eigenvalue weighted by molar-refractivity contribution is 6.46. The van der Waals surface area contributed by atoms with Gasteiger partial charge in [-0.2, -0.15) is 0 Å². The predicted octanol–water partition coefficient (Wildman–Crippen LogP) is 2.13. The largest absolute Gasteiger partial charge is 0.507 e. The van der Waals surface area contributed by atoms with Crippen LogP contribution in [0.25, 0.3) is 5.76 Å². The number of carbonyl (C=O) groups is 2. The third-order valence-electron chi connectivity index (χ3n) is 4.68.